The van der Waals surface area contributed by atoms with E-state index in [0.29, 0.717) is 13.0 Å². The van der Waals surface area contributed by atoms with Crippen LogP contribution >= 0.6 is 0 Å². The number of carbonyl (C=O) groups excluding carboxylic acids is 1. The molecule has 0 saturated carbocycles. The molecule has 0 fully saturated rings. The molecule has 0 bridgehead atoms. The molecule has 0 radical (unpaired) electrons. The maximum Gasteiger partial charge on any atom is 0.218 e. The first-order valence-corrected chi connectivity index (χ1v) is 7.11. The molecular weight excluding hydrogens is 264 g/mol. The van der Waals surface area contributed by atoms with Gasteiger partial charge in [0.1, 0.15) is 0 Å². The molecular formula is C16H22N4O. The largest absolute Gasteiger partial charge is 0.370 e. The summed E-state index contributed by atoms with van der Waals surface area (Å²) in [5, 5.41) is 7.93. The van der Waals surface area contributed by atoms with Crippen LogP contribution in [0.3, 0.4) is 0 Å². The second-order valence-corrected chi connectivity index (χ2v) is 5.35. The number of para-hydroxylation sites is 1. The maximum atomic E-state index is 10.9. The van der Waals surface area contributed by atoms with E-state index in [1.165, 1.54) is 0 Å². The highest BCUT2D eigenvalue weighted by Crippen LogP contribution is 2.17. The van der Waals surface area contributed by atoms with Gasteiger partial charge in [0.05, 0.1) is 11.4 Å². The van der Waals surface area contributed by atoms with Crippen LogP contribution in [0.1, 0.15) is 30.3 Å². The van der Waals surface area contributed by atoms with E-state index in [-0.39, 0.29) is 11.9 Å². The Morgan fingerprint density at radius 2 is 2.00 bits per heavy atom. The van der Waals surface area contributed by atoms with Gasteiger partial charge in [0.25, 0.3) is 0 Å². The smallest absolute Gasteiger partial charge is 0.218 e. The zero-order chi connectivity index (χ0) is 15.4. The Hall–Kier alpha value is -2.14. The molecule has 1 heterocycles. The van der Waals surface area contributed by atoms with E-state index in [9.17, 15) is 4.79 Å². The summed E-state index contributed by atoms with van der Waals surface area (Å²) in [4.78, 5) is 10.9. The number of nitrogens with one attached hydrogen (secondary N) is 1. The number of carbonyl (C=O) groups is 1. The lowest BCUT2D eigenvalue weighted by atomic mass is 10.1. The van der Waals surface area contributed by atoms with Gasteiger partial charge in [-0.25, -0.2) is 4.68 Å². The fourth-order valence-corrected chi connectivity index (χ4v) is 2.40. The molecule has 112 valence electrons. The Morgan fingerprint density at radius 3 is 2.62 bits per heavy atom. The molecule has 3 N–H and O–H groups in total. The zero-order valence-electron chi connectivity index (χ0n) is 12.8. The van der Waals surface area contributed by atoms with Crippen LogP contribution in [0.4, 0.5) is 0 Å². The lowest BCUT2D eigenvalue weighted by molar-refractivity contribution is -0.118. The highest BCUT2D eigenvalue weighted by Gasteiger charge is 2.14. The highest BCUT2D eigenvalue weighted by atomic mass is 16.1. The predicted molar refractivity (Wildman–Crippen MR) is 83.2 cm³/mol. The molecule has 5 nitrogen and oxygen atoms in total. The van der Waals surface area contributed by atoms with Gasteiger partial charge in [-0.3, -0.25) is 4.79 Å². The van der Waals surface area contributed by atoms with Gasteiger partial charge in [-0.15, -0.1) is 0 Å². The number of amides is 1. The number of aryl methyl sites for hydroxylation is 1. The second kappa shape index (κ2) is 6.54. The van der Waals surface area contributed by atoms with Gasteiger partial charge in [0.2, 0.25) is 5.91 Å². The summed E-state index contributed by atoms with van der Waals surface area (Å²) in [5.41, 5.74) is 9.52. The first-order chi connectivity index (χ1) is 9.99. The number of nitrogens with two attached hydrogens (primary N) is 1. The lowest BCUT2D eigenvalue weighted by Crippen LogP contribution is -2.30. The molecule has 1 atom stereocenters. The Labute approximate surface area is 125 Å². The first-order valence-electron chi connectivity index (χ1n) is 7.11. The lowest BCUT2D eigenvalue weighted by Gasteiger charge is -2.12. The minimum atomic E-state index is -0.288. The summed E-state index contributed by atoms with van der Waals surface area (Å²) in [6.07, 6.45) is 0.338. The molecule has 0 aliphatic carbocycles. The standard InChI is InChI=1S/C16H22N4O/c1-11(9-16(17)21)18-10-15-12(2)19-20(13(15)3)14-7-5-4-6-8-14/h4-8,11,18H,9-10H2,1-3H3,(H2,17,21). The van der Waals surface area contributed by atoms with Crippen molar-refractivity contribution in [2.24, 2.45) is 5.73 Å². The van der Waals surface area contributed by atoms with Crippen molar-refractivity contribution < 1.29 is 4.79 Å². The van der Waals surface area contributed by atoms with Crippen LogP contribution in [0.25, 0.3) is 5.69 Å². The number of benzene rings is 1. The van der Waals surface area contributed by atoms with Crippen molar-refractivity contribution in [3.05, 3.63) is 47.3 Å². The number of hydrogen-bond acceptors (Lipinski definition) is 3. The van der Waals surface area contributed by atoms with Crippen molar-refractivity contribution in [3.8, 4) is 5.69 Å². The molecule has 1 aromatic heterocycles. The van der Waals surface area contributed by atoms with Crippen LogP contribution in [0, 0.1) is 13.8 Å². The average Bonchev–Trinajstić information content (AvgIpc) is 2.72. The van der Waals surface area contributed by atoms with Crippen molar-refractivity contribution in [2.75, 3.05) is 0 Å². The van der Waals surface area contributed by atoms with Gasteiger partial charge in [-0.05, 0) is 32.9 Å². The van der Waals surface area contributed by atoms with Crippen molar-refractivity contribution in [3.63, 3.8) is 0 Å². The summed E-state index contributed by atoms with van der Waals surface area (Å²) in [7, 11) is 0. The molecule has 1 unspecified atom stereocenters. The van der Waals surface area contributed by atoms with E-state index in [0.717, 1.165) is 22.6 Å². The van der Waals surface area contributed by atoms with E-state index in [4.69, 9.17) is 5.73 Å². The van der Waals surface area contributed by atoms with Gasteiger partial charge >= 0.3 is 0 Å². The summed E-state index contributed by atoms with van der Waals surface area (Å²) >= 11 is 0. The SMILES string of the molecule is Cc1nn(-c2ccccc2)c(C)c1CNC(C)CC(N)=O. The topological polar surface area (TPSA) is 72.9 Å². The Balaban J connectivity index is 2.15. The van der Waals surface area contributed by atoms with Crippen molar-refractivity contribution in [2.45, 2.75) is 39.8 Å². The van der Waals surface area contributed by atoms with Crippen LogP contribution in [-0.4, -0.2) is 21.7 Å². The van der Waals surface area contributed by atoms with Crippen LogP contribution in [0.2, 0.25) is 0 Å². The quantitative estimate of drug-likeness (QED) is 0.851. The molecule has 0 saturated heterocycles. The minimum absolute atomic E-state index is 0.0568. The monoisotopic (exact) mass is 286 g/mol. The number of hydrogen-bond donors (Lipinski definition) is 2. The number of nitrogens with zero attached hydrogens (tertiary/aromatic N) is 2. The van der Waals surface area contributed by atoms with Crippen molar-refractivity contribution in [1.29, 1.82) is 0 Å². The van der Waals surface area contributed by atoms with Crippen LogP contribution in [0.15, 0.2) is 30.3 Å². The van der Waals surface area contributed by atoms with E-state index in [1.807, 2.05) is 48.9 Å². The summed E-state index contributed by atoms with van der Waals surface area (Å²) < 4.78 is 1.95. The fraction of sp³-hybridized carbons (Fsp3) is 0.375. The molecule has 1 aromatic carbocycles. The molecule has 2 rings (SSSR count). The molecule has 5 heteroatoms. The third kappa shape index (κ3) is 3.70. The fourth-order valence-electron chi connectivity index (χ4n) is 2.40. The molecule has 0 aliphatic rings. The highest BCUT2D eigenvalue weighted by molar-refractivity contribution is 5.74. The summed E-state index contributed by atoms with van der Waals surface area (Å²) in [6, 6.07) is 10.1. The predicted octanol–water partition coefficient (Wildman–Crippen LogP) is 1.84. The molecule has 0 spiro atoms. The molecule has 1 amide bonds. The molecule has 0 aliphatic heterocycles. The van der Waals surface area contributed by atoms with Crippen LogP contribution in [-0.2, 0) is 11.3 Å². The zero-order valence-corrected chi connectivity index (χ0v) is 12.8. The van der Waals surface area contributed by atoms with Gasteiger partial charge in [-0.2, -0.15) is 5.10 Å². The number of aromatic nitrogens is 2. The summed E-state index contributed by atoms with van der Waals surface area (Å²) in [5.74, 6) is -0.288. The van der Waals surface area contributed by atoms with Gasteiger partial charge in [0.15, 0.2) is 0 Å². The number of rotatable bonds is 6. The van der Waals surface area contributed by atoms with E-state index in [2.05, 4.69) is 17.3 Å². The van der Waals surface area contributed by atoms with E-state index < -0.39 is 0 Å². The van der Waals surface area contributed by atoms with Crippen LogP contribution < -0.4 is 11.1 Å². The Morgan fingerprint density at radius 1 is 1.33 bits per heavy atom. The molecule has 21 heavy (non-hydrogen) atoms. The Kier molecular flexibility index (Phi) is 4.75. The first kappa shape index (κ1) is 15.3. The van der Waals surface area contributed by atoms with Crippen molar-refractivity contribution in [1.82, 2.24) is 15.1 Å². The minimum Gasteiger partial charge on any atom is -0.370 e. The van der Waals surface area contributed by atoms with E-state index in [1.54, 1.807) is 0 Å². The van der Waals surface area contributed by atoms with E-state index >= 15 is 0 Å². The third-order valence-electron chi connectivity index (χ3n) is 3.58. The molecule has 2 aromatic rings. The maximum absolute atomic E-state index is 10.9. The Bertz CT molecular complexity index is 619. The summed E-state index contributed by atoms with van der Waals surface area (Å²) in [6.45, 7) is 6.70. The van der Waals surface area contributed by atoms with Crippen LogP contribution in [0.5, 0.6) is 0 Å². The van der Waals surface area contributed by atoms with Gasteiger partial charge in [-0.1, -0.05) is 18.2 Å². The number of primary amides is 1. The second-order valence-electron chi connectivity index (χ2n) is 5.35. The van der Waals surface area contributed by atoms with Gasteiger partial charge in [0, 0.05) is 30.3 Å². The normalized spacial score (nSPS) is 12.3. The van der Waals surface area contributed by atoms with Crippen molar-refractivity contribution >= 4 is 5.91 Å². The average molecular weight is 286 g/mol. The third-order valence-corrected chi connectivity index (χ3v) is 3.58. The van der Waals surface area contributed by atoms with Gasteiger partial charge < -0.3 is 11.1 Å².